The lowest BCUT2D eigenvalue weighted by Crippen LogP contribution is -2.06. The van der Waals surface area contributed by atoms with Crippen molar-refractivity contribution in [2.45, 2.75) is 12.9 Å². The summed E-state index contributed by atoms with van der Waals surface area (Å²) in [6.07, 6.45) is 0. The van der Waals surface area contributed by atoms with Gasteiger partial charge in [-0.1, -0.05) is 53.2 Å². The number of alkyl halides is 1. The third kappa shape index (κ3) is 3.00. The van der Waals surface area contributed by atoms with E-state index in [0.717, 1.165) is 5.69 Å². The van der Waals surface area contributed by atoms with E-state index in [1.807, 2.05) is 25.1 Å². The highest BCUT2D eigenvalue weighted by Gasteiger charge is 2.20. The molecule has 0 fully saturated rings. The fraction of sp³-hybridized carbons (Fsp3) is 0.118. The van der Waals surface area contributed by atoms with E-state index < -0.39 is 0 Å². The van der Waals surface area contributed by atoms with Gasteiger partial charge in [0.2, 0.25) is 0 Å². The number of halogens is 2. The molecule has 0 spiro atoms. The zero-order chi connectivity index (χ0) is 16.4. The predicted molar refractivity (Wildman–Crippen MR) is 90.9 cm³/mol. The van der Waals surface area contributed by atoms with Gasteiger partial charge in [-0.25, -0.2) is 4.68 Å². The minimum atomic E-state index is -0.107. The minimum absolute atomic E-state index is 0.107. The SMILES string of the molecule is Cc1nnn(CCl)c1-c1ccc(Cl)cc1C(=O)c1ccccc1. The highest BCUT2D eigenvalue weighted by Crippen LogP contribution is 2.30. The molecular weight excluding hydrogens is 333 g/mol. The molecule has 1 aromatic heterocycles. The first kappa shape index (κ1) is 15.7. The van der Waals surface area contributed by atoms with Crippen LogP contribution in [-0.2, 0) is 6.00 Å². The molecule has 0 saturated heterocycles. The first-order chi connectivity index (χ1) is 11.1. The second kappa shape index (κ2) is 6.52. The highest BCUT2D eigenvalue weighted by molar-refractivity contribution is 6.31. The molecule has 0 radical (unpaired) electrons. The monoisotopic (exact) mass is 345 g/mol. The van der Waals surface area contributed by atoms with Gasteiger partial charge in [0.1, 0.15) is 6.00 Å². The largest absolute Gasteiger partial charge is 0.289 e. The molecule has 23 heavy (non-hydrogen) atoms. The van der Waals surface area contributed by atoms with E-state index in [4.69, 9.17) is 23.2 Å². The summed E-state index contributed by atoms with van der Waals surface area (Å²) in [6, 6.07) is 14.4. The Bertz CT molecular complexity index is 860. The van der Waals surface area contributed by atoms with Crippen LogP contribution in [-0.4, -0.2) is 20.8 Å². The van der Waals surface area contributed by atoms with Gasteiger partial charge in [0.25, 0.3) is 0 Å². The van der Waals surface area contributed by atoms with Crippen LogP contribution in [0.25, 0.3) is 11.3 Å². The van der Waals surface area contributed by atoms with Crippen LogP contribution in [0.1, 0.15) is 21.6 Å². The van der Waals surface area contributed by atoms with Crippen molar-refractivity contribution in [1.29, 1.82) is 0 Å². The number of aryl methyl sites for hydroxylation is 1. The second-order valence-electron chi connectivity index (χ2n) is 5.03. The molecule has 116 valence electrons. The van der Waals surface area contributed by atoms with E-state index in [2.05, 4.69) is 10.3 Å². The summed E-state index contributed by atoms with van der Waals surface area (Å²) in [4.78, 5) is 12.9. The molecule has 0 amide bonds. The third-order valence-electron chi connectivity index (χ3n) is 3.53. The van der Waals surface area contributed by atoms with Crippen LogP contribution in [0.5, 0.6) is 0 Å². The third-order valence-corrected chi connectivity index (χ3v) is 4.00. The molecule has 6 heteroatoms. The Morgan fingerprint density at radius 2 is 1.91 bits per heavy atom. The lowest BCUT2D eigenvalue weighted by atomic mass is 9.96. The molecule has 2 aromatic carbocycles. The highest BCUT2D eigenvalue weighted by atomic mass is 35.5. The lowest BCUT2D eigenvalue weighted by molar-refractivity contribution is 0.103. The number of hydrogen-bond donors (Lipinski definition) is 0. The van der Waals surface area contributed by atoms with Crippen molar-refractivity contribution < 1.29 is 4.79 Å². The summed E-state index contributed by atoms with van der Waals surface area (Å²) in [5.41, 5.74) is 3.23. The molecule has 1 heterocycles. The number of nitrogens with zero attached hydrogens (tertiary/aromatic N) is 3. The first-order valence-corrected chi connectivity index (χ1v) is 7.89. The van der Waals surface area contributed by atoms with Gasteiger partial charge in [-0.3, -0.25) is 4.79 Å². The van der Waals surface area contributed by atoms with Crippen LogP contribution in [0.2, 0.25) is 5.02 Å². The number of carbonyl (C=O) groups excluding carboxylic acids is 1. The Labute approximate surface area is 143 Å². The van der Waals surface area contributed by atoms with Gasteiger partial charge >= 0.3 is 0 Å². The van der Waals surface area contributed by atoms with Gasteiger partial charge in [0.05, 0.1) is 11.4 Å². The van der Waals surface area contributed by atoms with Crippen LogP contribution in [0.3, 0.4) is 0 Å². The summed E-state index contributed by atoms with van der Waals surface area (Å²) < 4.78 is 1.56. The van der Waals surface area contributed by atoms with Gasteiger partial charge < -0.3 is 0 Å². The van der Waals surface area contributed by atoms with Crippen molar-refractivity contribution in [3.63, 3.8) is 0 Å². The Morgan fingerprint density at radius 3 is 2.61 bits per heavy atom. The Hall–Kier alpha value is -2.17. The number of carbonyl (C=O) groups is 1. The number of benzene rings is 2. The van der Waals surface area contributed by atoms with Gasteiger partial charge in [-0.2, -0.15) is 0 Å². The maximum atomic E-state index is 12.9. The quantitative estimate of drug-likeness (QED) is 0.522. The van der Waals surface area contributed by atoms with Crippen LogP contribution in [0.4, 0.5) is 0 Å². The average molecular weight is 346 g/mol. The Kier molecular flexibility index (Phi) is 4.46. The van der Waals surface area contributed by atoms with Crippen LogP contribution >= 0.6 is 23.2 Å². The van der Waals surface area contributed by atoms with Crippen molar-refractivity contribution in [2.24, 2.45) is 0 Å². The van der Waals surface area contributed by atoms with E-state index in [1.54, 1.807) is 35.0 Å². The van der Waals surface area contributed by atoms with Crippen LogP contribution in [0, 0.1) is 6.92 Å². The maximum absolute atomic E-state index is 12.9. The molecule has 0 aliphatic rings. The summed E-state index contributed by atoms with van der Waals surface area (Å²) in [6.45, 7) is 1.83. The zero-order valence-electron chi connectivity index (χ0n) is 12.3. The summed E-state index contributed by atoms with van der Waals surface area (Å²) in [7, 11) is 0. The number of ketones is 1. The van der Waals surface area contributed by atoms with Crippen LogP contribution < -0.4 is 0 Å². The standard InChI is InChI=1S/C17H13Cl2N3O/c1-11-16(22(10-18)21-20-11)14-8-7-13(19)9-15(14)17(23)12-5-3-2-4-6-12/h2-9H,10H2,1H3. The van der Waals surface area contributed by atoms with E-state index in [-0.39, 0.29) is 11.8 Å². The van der Waals surface area contributed by atoms with Crippen molar-refractivity contribution >= 4 is 29.0 Å². The molecular formula is C17H13Cl2N3O. The van der Waals surface area contributed by atoms with E-state index in [0.29, 0.717) is 27.4 Å². The summed E-state index contributed by atoms with van der Waals surface area (Å²) >= 11 is 12.0. The number of rotatable bonds is 4. The fourth-order valence-electron chi connectivity index (χ4n) is 2.47. The molecule has 0 bridgehead atoms. The van der Waals surface area contributed by atoms with Crippen molar-refractivity contribution in [2.75, 3.05) is 0 Å². The maximum Gasteiger partial charge on any atom is 0.193 e. The molecule has 0 aliphatic heterocycles. The zero-order valence-corrected chi connectivity index (χ0v) is 13.8. The first-order valence-electron chi connectivity index (χ1n) is 6.97. The Balaban J connectivity index is 2.20. The van der Waals surface area contributed by atoms with Gasteiger partial charge in [0, 0.05) is 21.7 Å². The summed E-state index contributed by atoms with van der Waals surface area (Å²) in [5, 5.41) is 8.54. The van der Waals surface area contributed by atoms with Gasteiger partial charge in [0.15, 0.2) is 5.78 Å². The minimum Gasteiger partial charge on any atom is -0.289 e. The Morgan fingerprint density at radius 1 is 1.17 bits per heavy atom. The molecule has 0 saturated carbocycles. The molecule has 3 aromatic rings. The molecule has 4 nitrogen and oxygen atoms in total. The van der Waals surface area contributed by atoms with Crippen molar-refractivity contribution in [3.05, 3.63) is 70.4 Å². The molecule has 3 rings (SSSR count). The predicted octanol–water partition coefficient (Wildman–Crippen LogP) is 4.33. The smallest absolute Gasteiger partial charge is 0.193 e. The normalized spacial score (nSPS) is 10.7. The summed E-state index contributed by atoms with van der Waals surface area (Å²) in [5.74, 6) is -0.107. The van der Waals surface area contributed by atoms with E-state index >= 15 is 0 Å². The molecule has 0 unspecified atom stereocenters. The second-order valence-corrected chi connectivity index (χ2v) is 5.70. The number of aromatic nitrogens is 3. The van der Waals surface area contributed by atoms with Crippen LogP contribution in [0.15, 0.2) is 48.5 Å². The molecule has 0 N–H and O–H groups in total. The van der Waals surface area contributed by atoms with Crippen molar-refractivity contribution in [3.8, 4) is 11.3 Å². The lowest BCUT2D eigenvalue weighted by Gasteiger charge is -2.11. The van der Waals surface area contributed by atoms with E-state index in [9.17, 15) is 4.79 Å². The average Bonchev–Trinajstić information content (AvgIpc) is 2.95. The fourth-order valence-corrected chi connectivity index (χ4v) is 2.81. The number of hydrogen-bond acceptors (Lipinski definition) is 3. The molecule has 0 atom stereocenters. The molecule has 0 aliphatic carbocycles. The van der Waals surface area contributed by atoms with Crippen molar-refractivity contribution in [1.82, 2.24) is 15.0 Å². The van der Waals surface area contributed by atoms with E-state index in [1.165, 1.54) is 0 Å². The topological polar surface area (TPSA) is 47.8 Å². The van der Waals surface area contributed by atoms with Gasteiger partial charge in [-0.15, -0.1) is 16.7 Å². The van der Waals surface area contributed by atoms with Gasteiger partial charge in [-0.05, 0) is 19.1 Å².